The number of alkyl halides is 1. The number of methoxy groups -OCH3 is 1. The maximum Gasteiger partial charge on any atom is 0.307 e. The third-order valence-corrected chi connectivity index (χ3v) is 3.57. The van der Waals surface area contributed by atoms with Gasteiger partial charge < -0.3 is 37.9 Å². The summed E-state index contributed by atoms with van der Waals surface area (Å²) in [5.41, 5.74) is 0. The molecule has 0 heterocycles. The Hall–Kier alpha value is -0.0800. The smallest absolute Gasteiger partial charge is 0.307 e. The van der Waals surface area contributed by atoms with Crippen LogP contribution >= 0.6 is 22.6 Å². The van der Waals surface area contributed by atoms with Crippen LogP contribution in [0.3, 0.4) is 0 Å². The van der Waals surface area contributed by atoms with Gasteiger partial charge in [-0.05, 0) is 0 Å². The van der Waals surface area contributed by atoms with Crippen molar-refractivity contribution in [3.63, 3.8) is 0 Å². The number of hydrogen-bond acceptors (Lipinski definition) is 9. The molecule has 0 radical (unpaired) electrons. The van der Waals surface area contributed by atoms with Gasteiger partial charge in [0.1, 0.15) is 0 Å². The molecule has 0 fully saturated rings. The molecule has 0 amide bonds. The molecule has 0 atom stereocenters. The van der Waals surface area contributed by atoms with E-state index in [1.807, 2.05) is 0 Å². The molecule has 10 heteroatoms. The quantitative estimate of drug-likeness (QED) is 0.0847. The zero-order chi connectivity index (χ0) is 20.5. The summed E-state index contributed by atoms with van der Waals surface area (Å²) in [6, 6.07) is 0. The zero-order valence-electron chi connectivity index (χ0n) is 16.9. The highest BCUT2D eigenvalue weighted by Crippen LogP contribution is 1.88. The van der Waals surface area contributed by atoms with Gasteiger partial charge in [0.25, 0.3) is 0 Å². The molecular weight excluding hydrogens is 487 g/mol. The average molecular weight is 522 g/mol. The van der Waals surface area contributed by atoms with Gasteiger partial charge in [-0.3, -0.25) is 4.79 Å². The molecule has 168 valence electrons. The number of carbonyl (C=O) groups is 1. The average Bonchev–Trinajstić information content (AvgIpc) is 2.71. The van der Waals surface area contributed by atoms with Crippen molar-refractivity contribution in [1.82, 2.24) is 0 Å². The standard InChI is InChI=1S/C18H35IO9/c1-21-18(20)2-4-22-6-8-24-10-12-26-14-16-28-17-15-27-13-11-25-9-7-23-5-3-19/h2-17H2,1H3. The Bertz CT molecular complexity index is 321. The molecule has 0 N–H and O–H groups in total. The van der Waals surface area contributed by atoms with Gasteiger partial charge in [0.2, 0.25) is 0 Å². The lowest BCUT2D eigenvalue weighted by Crippen LogP contribution is -2.15. The largest absolute Gasteiger partial charge is 0.469 e. The lowest BCUT2D eigenvalue weighted by atomic mass is 10.5. The van der Waals surface area contributed by atoms with Crippen molar-refractivity contribution < 1.29 is 42.7 Å². The minimum absolute atomic E-state index is 0.257. The van der Waals surface area contributed by atoms with Crippen LogP contribution in [0.2, 0.25) is 0 Å². The van der Waals surface area contributed by atoms with Gasteiger partial charge in [-0.2, -0.15) is 0 Å². The van der Waals surface area contributed by atoms with Crippen LogP contribution in [0.25, 0.3) is 0 Å². The first kappa shape index (κ1) is 27.9. The van der Waals surface area contributed by atoms with E-state index in [0.717, 1.165) is 11.0 Å². The molecular formula is C18H35IO9. The van der Waals surface area contributed by atoms with E-state index in [-0.39, 0.29) is 12.4 Å². The first-order valence-electron chi connectivity index (χ1n) is 9.48. The Balaban J connectivity index is 3.00. The van der Waals surface area contributed by atoms with E-state index in [4.69, 9.17) is 33.2 Å². The number of hydrogen-bond donors (Lipinski definition) is 0. The van der Waals surface area contributed by atoms with Gasteiger partial charge in [-0.15, -0.1) is 0 Å². The topological polar surface area (TPSA) is 90.9 Å². The van der Waals surface area contributed by atoms with Gasteiger partial charge >= 0.3 is 5.97 Å². The summed E-state index contributed by atoms with van der Waals surface area (Å²) < 4.78 is 42.9. The highest BCUT2D eigenvalue weighted by atomic mass is 127. The van der Waals surface area contributed by atoms with Crippen molar-refractivity contribution in [2.75, 3.05) is 104 Å². The van der Waals surface area contributed by atoms with E-state index < -0.39 is 0 Å². The van der Waals surface area contributed by atoms with Crippen molar-refractivity contribution in [3.8, 4) is 0 Å². The molecule has 0 aliphatic heterocycles. The molecule has 0 saturated carbocycles. The molecule has 0 aromatic carbocycles. The summed E-state index contributed by atoms with van der Waals surface area (Å²) in [5.74, 6) is -0.277. The second-order valence-electron chi connectivity index (χ2n) is 5.30. The van der Waals surface area contributed by atoms with Crippen molar-refractivity contribution in [2.45, 2.75) is 6.42 Å². The van der Waals surface area contributed by atoms with Crippen LogP contribution in [-0.4, -0.2) is 110 Å². The molecule has 0 rings (SSSR count). The number of rotatable bonds is 23. The van der Waals surface area contributed by atoms with E-state index in [0.29, 0.717) is 85.9 Å². The predicted molar refractivity (Wildman–Crippen MR) is 111 cm³/mol. The lowest BCUT2D eigenvalue weighted by molar-refractivity contribution is -0.141. The van der Waals surface area contributed by atoms with E-state index in [2.05, 4.69) is 27.3 Å². The van der Waals surface area contributed by atoms with E-state index in [1.165, 1.54) is 7.11 Å². The molecule has 9 nitrogen and oxygen atoms in total. The van der Waals surface area contributed by atoms with Crippen LogP contribution in [-0.2, 0) is 42.7 Å². The maximum absolute atomic E-state index is 10.8. The second kappa shape index (κ2) is 25.0. The summed E-state index contributed by atoms with van der Waals surface area (Å²) in [5, 5.41) is 0. The Morgan fingerprint density at radius 3 is 1.11 bits per heavy atom. The van der Waals surface area contributed by atoms with Crippen molar-refractivity contribution in [1.29, 1.82) is 0 Å². The number of carbonyl (C=O) groups excluding carboxylic acids is 1. The third kappa shape index (κ3) is 24.0. The van der Waals surface area contributed by atoms with Gasteiger partial charge in [-0.25, -0.2) is 0 Å². The van der Waals surface area contributed by atoms with Crippen LogP contribution in [0.5, 0.6) is 0 Å². The zero-order valence-corrected chi connectivity index (χ0v) is 19.0. The number of esters is 1. The molecule has 0 aromatic heterocycles. The summed E-state index contributed by atoms with van der Waals surface area (Å²) in [4.78, 5) is 10.8. The highest BCUT2D eigenvalue weighted by molar-refractivity contribution is 14.1. The lowest BCUT2D eigenvalue weighted by Gasteiger charge is -2.08. The molecule has 0 unspecified atom stereocenters. The summed E-state index contributed by atoms with van der Waals surface area (Å²) >= 11 is 2.27. The van der Waals surface area contributed by atoms with Gasteiger partial charge in [0.15, 0.2) is 0 Å². The third-order valence-electron chi connectivity index (χ3n) is 3.13. The number of halogens is 1. The molecule has 0 saturated heterocycles. The minimum Gasteiger partial charge on any atom is -0.469 e. The Morgan fingerprint density at radius 1 is 0.536 bits per heavy atom. The molecule has 0 spiro atoms. The van der Waals surface area contributed by atoms with Crippen LogP contribution in [0.15, 0.2) is 0 Å². The van der Waals surface area contributed by atoms with Gasteiger partial charge in [0, 0.05) is 4.43 Å². The molecule has 0 aliphatic carbocycles. The Kier molecular flexibility index (Phi) is 24.9. The van der Waals surface area contributed by atoms with Crippen LogP contribution in [0, 0.1) is 0 Å². The fourth-order valence-corrected chi connectivity index (χ4v) is 2.05. The molecule has 0 aromatic rings. The molecule has 28 heavy (non-hydrogen) atoms. The minimum atomic E-state index is -0.277. The van der Waals surface area contributed by atoms with Crippen molar-refractivity contribution >= 4 is 28.6 Å². The van der Waals surface area contributed by atoms with Crippen molar-refractivity contribution in [2.24, 2.45) is 0 Å². The first-order valence-corrected chi connectivity index (χ1v) is 11.0. The second-order valence-corrected chi connectivity index (χ2v) is 6.38. The van der Waals surface area contributed by atoms with E-state index in [9.17, 15) is 4.79 Å². The SMILES string of the molecule is COC(=O)CCOCCOCCOCCOCCOCCOCCOCCI. The number of ether oxygens (including phenoxy) is 8. The van der Waals surface area contributed by atoms with Crippen LogP contribution < -0.4 is 0 Å². The summed E-state index contributed by atoms with van der Waals surface area (Å²) in [6.07, 6.45) is 0.257. The van der Waals surface area contributed by atoms with Gasteiger partial charge in [0.05, 0.1) is 106 Å². The van der Waals surface area contributed by atoms with Crippen molar-refractivity contribution in [3.05, 3.63) is 0 Å². The van der Waals surface area contributed by atoms with E-state index >= 15 is 0 Å². The monoisotopic (exact) mass is 522 g/mol. The molecule has 0 aliphatic rings. The fraction of sp³-hybridized carbons (Fsp3) is 0.944. The Labute approximate surface area is 181 Å². The molecule has 0 bridgehead atoms. The predicted octanol–water partition coefficient (Wildman–Crippen LogP) is 1.10. The first-order chi connectivity index (χ1) is 13.8. The van der Waals surface area contributed by atoms with Gasteiger partial charge in [-0.1, -0.05) is 22.6 Å². The van der Waals surface area contributed by atoms with Crippen LogP contribution in [0.1, 0.15) is 6.42 Å². The van der Waals surface area contributed by atoms with Crippen LogP contribution in [0.4, 0.5) is 0 Å². The maximum atomic E-state index is 10.8. The normalized spacial score (nSPS) is 11.1. The summed E-state index contributed by atoms with van der Waals surface area (Å²) in [7, 11) is 1.36. The van der Waals surface area contributed by atoms with E-state index in [1.54, 1.807) is 0 Å². The summed E-state index contributed by atoms with van der Waals surface area (Å²) in [6.45, 7) is 7.44. The fourth-order valence-electron chi connectivity index (χ4n) is 1.73. The Morgan fingerprint density at radius 2 is 0.821 bits per heavy atom. The highest BCUT2D eigenvalue weighted by Gasteiger charge is 1.99.